The van der Waals surface area contributed by atoms with Gasteiger partial charge >= 0.3 is 0 Å². The molecule has 7 aromatic carbocycles. The first-order chi connectivity index (χ1) is 21.3. The van der Waals surface area contributed by atoms with Gasteiger partial charge in [0.1, 0.15) is 16.2 Å². The van der Waals surface area contributed by atoms with Crippen LogP contribution in [-0.4, -0.2) is 9.55 Å². The Bertz CT molecular complexity index is 2630. The molecule has 10 aromatic rings. The lowest BCUT2D eigenvalue weighted by Crippen LogP contribution is -1.93. The van der Waals surface area contributed by atoms with Crippen molar-refractivity contribution >= 4 is 86.8 Å². The predicted octanol–water partition coefficient (Wildman–Crippen LogP) is 11.3. The van der Waals surface area contributed by atoms with Crippen LogP contribution >= 0.6 is 11.3 Å². The van der Waals surface area contributed by atoms with Crippen molar-refractivity contribution in [3.05, 3.63) is 133 Å². The van der Waals surface area contributed by atoms with Crippen LogP contribution < -0.4 is 0 Å². The average molecular weight is 567 g/mol. The van der Waals surface area contributed by atoms with Crippen molar-refractivity contribution in [1.29, 1.82) is 0 Å². The second-order valence-electron chi connectivity index (χ2n) is 11.1. The molecule has 0 unspecified atom stereocenters. The Labute approximate surface area is 249 Å². The Hall–Kier alpha value is -5.45. The average Bonchev–Trinajstić information content (AvgIpc) is 3.76. The molecule has 0 aliphatic heterocycles. The summed E-state index contributed by atoms with van der Waals surface area (Å²) >= 11 is 1.73. The van der Waals surface area contributed by atoms with E-state index in [1.807, 2.05) is 12.1 Å². The van der Waals surface area contributed by atoms with E-state index in [2.05, 4.69) is 126 Å². The van der Waals surface area contributed by atoms with Gasteiger partial charge in [-0.05, 0) is 76.1 Å². The van der Waals surface area contributed by atoms with Crippen LogP contribution in [0.4, 0.5) is 0 Å². The predicted molar refractivity (Wildman–Crippen MR) is 182 cm³/mol. The Kier molecular flexibility index (Phi) is 4.60. The molecule has 0 saturated heterocycles. The standard InChI is InChI=1S/C39H22N2OS/c1-3-9-27-23(7-1)15-19-30-35(27)36-28-10-4-2-8-24(28)16-20-31(36)41(30)26-17-13-25(14-18-26)39-40-38-34(43-39)22-21-33-37(38)29-11-5-6-12-32(29)42-33/h1-22H. The van der Waals surface area contributed by atoms with Gasteiger partial charge in [0, 0.05) is 27.4 Å². The zero-order valence-corrected chi connectivity index (χ0v) is 23.7. The Balaban J connectivity index is 1.19. The first-order valence-corrected chi connectivity index (χ1v) is 15.3. The number of furan rings is 1. The molecule has 0 amide bonds. The van der Waals surface area contributed by atoms with Gasteiger partial charge in [-0.2, -0.15) is 0 Å². The smallest absolute Gasteiger partial charge is 0.137 e. The van der Waals surface area contributed by atoms with Gasteiger partial charge in [0.2, 0.25) is 0 Å². The van der Waals surface area contributed by atoms with E-state index < -0.39 is 0 Å². The molecule has 4 heteroatoms. The molecular weight excluding hydrogens is 545 g/mol. The summed E-state index contributed by atoms with van der Waals surface area (Å²) in [7, 11) is 0. The Morgan fingerprint density at radius 3 is 1.84 bits per heavy atom. The van der Waals surface area contributed by atoms with E-state index in [9.17, 15) is 0 Å². The maximum atomic E-state index is 6.12. The fraction of sp³-hybridized carbons (Fsp3) is 0. The number of para-hydroxylation sites is 1. The summed E-state index contributed by atoms with van der Waals surface area (Å²) in [6.07, 6.45) is 0. The fourth-order valence-corrected chi connectivity index (χ4v) is 7.88. The van der Waals surface area contributed by atoms with Gasteiger partial charge in [0.05, 0.1) is 26.6 Å². The molecule has 0 bridgehead atoms. The SMILES string of the molecule is c1ccc2c(c1)ccc1c2c2c3ccccc3ccc2n1-c1ccc(-c2nc3c(ccc4oc5ccccc5c43)s2)cc1. The third kappa shape index (κ3) is 3.21. The van der Waals surface area contributed by atoms with E-state index in [1.165, 1.54) is 48.1 Å². The summed E-state index contributed by atoms with van der Waals surface area (Å²) in [5, 5.41) is 10.9. The van der Waals surface area contributed by atoms with Crippen LogP contribution in [0.1, 0.15) is 0 Å². The minimum Gasteiger partial charge on any atom is -0.456 e. The van der Waals surface area contributed by atoms with E-state index in [4.69, 9.17) is 9.40 Å². The van der Waals surface area contributed by atoms with Gasteiger partial charge in [-0.1, -0.05) is 78.9 Å². The monoisotopic (exact) mass is 566 g/mol. The Morgan fingerprint density at radius 2 is 1.14 bits per heavy atom. The highest BCUT2D eigenvalue weighted by atomic mass is 32.1. The Morgan fingerprint density at radius 1 is 0.512 bits per heavy atom. The molecule has 0 N–H and O–H groups in total. The lowest BCUT2D eigenvalue weighted by Gasteiger charge is -2.09. The van der Waals surface area contributed by atoms with E-state index in [0.717, 1.165) is 43.7 Å². The summed E-state index contributed by atoms with van der Waals surface area (Å²) in [6, 6.07) is 47.7. The van der Waals surface area contributed by atoms with E-state index in [-0.39, 0.29) is 0 Å². The molecule has 0 aliphatic rings. The molecule has 3 heterocycles. The summed E-state index contributed by atoms with van der Waals surface area (Å²) in [4.78, 5) is 5.15. The maximum Gasteiger partial charge on any atom is 0.137 e. The summed E-state index contributed by atoms with van der Waals surface area (Å²) in [5.41, 5.74) is 7.47. The highest BCUT2D eigenvalue weighted by Crippen LogP contribution is 2.42. The molecule has 3 aromatic heterocycles. The van der Waals surface area contributed by atoms with Gasteiger partial charge in [-0.3, -0.25) is 0 Å². The molecule has 0 spiro atoms. The van der Waals surface area contributed by atoms with Crippen molar-refractivity contribution in [2.45, 2.75) is 0 Å². The highest BCUT2D eigenvalue weighted by molar-refractivity contribution is 7.21. The van der Waals surface area contributed by atoms with Crippen molar-refractivity contribution in [2.24, 2.45) is 0 Å². The number of aromatic nitrogens is 2. The minimum absolute atomic E-state index is 0.882. The fourth-order valence-electron chi connectivity index (χ4n) is 6.90. The third-order valence-corrected chi connectivity index (χ3v) is 9.89. The number of hydrogen-bond donors (Lipinski definition) is 0. The van der Waals surface area contributed by atoms with Gasteiger partial charge < -0.3 is 8.98 Å². The second-order valence-corrected chi connectivity index (χ2v) is 12.2. The highest BCUT2D eigenvalue weighted by Gasteiger charge is 2.18. The van der Waals surface area contributed by atoms with Gasteiger partial charge in [0.25, 0.3) is 0 Å². The molecule has 0 fully saturated rings. The number of fused-ring (bicyclic) bond motifs is 12. The van der Waals surface area contributed by atoms with Crippen molar-refractivity contribution < 1.29 is 4.42 Å². The number of nitrogens with zero attached hydrogens (tertiary/aromatic N) is 2. The van der Waals surface area contributed by atoms with Gasteiger partial charge in [0.15, 0.2) is 0 Å². The summed E-state index contributed by atoms with van der Waals surface area (Å²) in [6.45, 7) is 0. The largest absolute Gasteiger partial charge is 0.456 e. The van der Waals surface area contributed by atoms with E-state index in [0.29, 0.717) is 0 Å². The molecular formula is C39H22N2OS. The molecule has 0 atom stereocenters. The number of rotatable bonds is 2. The van der Waals surface area contributed by atoms with Crippen molar-refractivity contribution in [2.75, 3.05) is 0 Å². The number of thiazole rings is 1. The normalized spacial score (nSPS) is 12.2. The van der Waals surface area contributed by atoms with E-state index >= 15 is 0 Å². The zero-order valence-electron chi connectivity index (χ0n) is 22.9. The quantitative estimate of drug-likeness (QED) is 0.208. The van der Waals surface area contributed by atoms with Crippen LogP contribution in [0.2, 0.25) is 0 Å². The molecule has 0 saturated carbocycles. The second kappa shape index (κ2) is 8.54. The van der Waals surface area contributed by atoms with Crippen LogP contribution in [0.15, 0.2) is 138 Å². The van der Waals surface area contributed by atoms with Crippen LogP contribution in [0.3, 0.4) is 0 Å². The first-order valence-electron chi connectivity index (χ1n) is 14.5. The molecule has 43 heavy (non-hydrogen) atoms. The molecule has 3 nitrogen and oxygen atoms in total. The van der Waals surface area contributed by atoms with Gasteiger partial charge in [-0.15, -0.1) is 11.3 Å². The zero-order chi connectivity index (χ0) is 28.1. The van der Waals surface area contributed by atoms with Crippen LogP contribution in [0, 0.1) is 0 Å². The molecule has 200 valence electrons. The summed E-state index contributed by atoms with van der Waals surface area (Å²) < 4.78 is 9.69. The van der Waals surface area contributed by atoms with Gasteiger partial charge in [-0.25, -0.2) is 4.98 Å². The minimum atomic E-state index is 0.882. The molecule has 0 aliphatic carbocycles. The van der Waals surface area contributed by atoms with Crippen molar-refractivity contribution in [1.82, 2.24) is 9.55 Å². The van der Waals surface area contributed by atoms with E-state index in [1.54, 1.807) is 11.3 Å². The molecule has 0 radical (unpaired) electrons. The summed E-state index contributed by atoms with van der Waals surface area (Å²) in [5.74, 6) is 0. The van der Waals surface area contributed by atoms with Crippen LogP contribution in [0.5, 0.6) is 0 Å². The topological polar surface area (TPSA) is 31.0 Å². The first kappa shape index (κ1) is 23.1. The number of benzene rings is 7. The lowest BCUT2D eigenvalue weighted by atomic mass is 10.00. The van der Waals surface area contributed by atoms with Crippen LogP contribution in [0.25, 0.3) is 91.8 Å². The molecule has 10 rings (SSSR count). The van der Waals surface area contributed by atoms with Crippen molar-refractivity contribution in [3.8, 4) is 16.3 Å². The maximum absolute atomic E-state index is 6.12. The number of hydrogen-bond acceptors (Lipinski definition) is 3. The third-order valence-electron chi connectivity index (χ3n) is 8.82. The lowest BCUT2D eigenvalue weighted by molar-refractivity contribution is 0.669. The van der Waals surface area contributed by atoms with Crippen molar-refractivity contribution in [3.63, 3.8) is 0 Å². The van der Waals surface area contributed by atoms with Crippen LogP contribution in [-0.2, 0) is 0 Å².